The molecule has 1 aromatic rings. The summed E-state index contributed by atoms with van der Waals surface area (Å²) in [4.78, 5) is 18.9. The van der Waals surface area contributed by atoms with Gasteiger partial charge in [0.1, 0.15) is 0 Å². The fourth-order valence-corrected chi connectivity index (χ4v) is 4.90. The molecule has 3 nitrogen and oxygen atoms in total. The van der Waals surface area contributed by atoms with E-state index in [0.29, 0.717) is 5.41 Å². The minimum Gasteiger partial charge on any atom is -0.338 e. The number of hydrogen-bond donors (Lipinski definition) is 0. The van der Waals surface area contributed by atoms with Crippen molar-refractivity contribution in [2.24, 2.45) is 11.3 Å². The average Bonchev–Trinajstić information content (AvgIpc) is 3.34. The van der Waals surface area contributed by atoms with Crippen LogP contribution in [0.2, 0.25) is 0 Å². The Morgan fingerprint density at radius 2 is 1.96 bits per heavy atom. The number of rotatable bonds is 4. The van der Waals surface area contributed by atoms with Gasteiger partial charge in [0.2, 0.25) is 0 Å². The number of likely N-dealkylation sites (tertiary alicyclic amines) is 2. The van der Waals surface area contributed by atoms with Gasteiger partial charge in [-0.05, 0) is 75.1 Å². The Labute approximate surface area is 149 Å². The first kappa shape index (κ1) is 16.5. The molecule has 0 aromatic heterocycles. The van der Waals surface area contributed by atoms with Gasteiger partial charge in [0.15, 0.2) is 0 Å². The second-order valence-electron chi connectivity index (χ2n) is 7.99. The quantitative estimate of drug-likeness (QED) is 0.777. The van der Waals surface area contributed by atoms with Crippen molar-refractivity contribution in [3.05, 3.63) is 29.8 Å². The first-order valence-electron chi connectivity index (χ1n) is 9.33. The lowest BCUT2D eigenvalue weighted by molar-refractivity contribution is 0.0681. The van der Waals surface area contributed by atoms with Crippen LogP contribution < -0.4 is 0 Å². The number of carbonyl (C=O) groups is 1. The molecule has 2 aliphatic heterocycles. The van der Waals surface area contributed by atoms with Crippen molar-refractivity contribution < 1.29 is 4.79 Å². The lowest BCUT2D eigenvalue weighted by Gasteiger charge is -2.40. The fraction of sp³-hybridized carbons (Fsp3) is 0.650. The van der Waals surface area contributed by atoms with E-state index in [2.05, 4.69) is 28.2 Å². The largest absolute Gasteiger partial charge is 0.338 e. The number of benzene rings is 1. The van der Waals surface area contributed by atoms with Gasteiger partial charge < -0.3 is 9.80 Å². The van der Waals surface area contributed by atoms with Crippen molar-refractivity contribution >= 4 is 17.7 Å². The van der Waals surface area contributed by atoms with Crippen LogP contribution >= 0.6 is 11.8 Å². The van der Waals surface area contributed by atoms with Crippen LogP contribution in [-0.2, 0) is 0 Å². The standard InChI is InChI=1S/C20H28N2OS/c1-24-18-7-5-17(6-8-18)19(23)22-12-10-20(15-22)9-2-11-21(14-20)13-16-3-4-16/h5-8,16H,2-4,9-15H2,1H3/t20-/m1/s1. The van der Waals surface area contributed by atoms with Gasteiger partial charge in [-0.15, -0.1) is 11.8 Å². The number of amides is 1. The predicted molar refractivity (Wildman–Crippen MR) is 99.6 cm³/mol. The second kappa shape index (κ2) is 6.72. The summed E-state index contributed by atoms with van der Waals surface area (Å²) in [6, 6.07) is 8.09. The molecule has 0 bridgehead atoms. The van der Waals surface area contributed by atoms with E-state index in [0.717, 1.165) is 24.6 Å². The molecule has 0 unspecified atom stereocenters. The molecule has 0 N–H and O–H groups in total. The third-order valence-corrected chi connectivity index (χ3v) is 6.76. The smallest absolute Gasteiger partial charge is 0.253 e. The van der Waals surface area contributed by atoms with Crippen LogP contribution in [0.4, 0.5) is 0 Å². The molecule has 2 heterocycles. The van der Waals surface area contributed by atoms with E-state index in [4.69, 9.17) is 0 Å². The summed E-state index contributed by atoms with van der Waals surface area (Å²) in [5.74, 6) is 1.19. The summed E-state index contributed by atoms with van der Waals surface area (Å²) in [5.41, 5.74) is 1.21. The maximum atomic E-state index is 12.8. The van der Waals surface area contributed by atoms with Gasteiger partial charge in [0.25, 0.3) is 5.91 Å². The second-order valence-corrected chi connectivity index (χ2v) is 8.87. The molecule has 24 heavy (non-hydrogen) atoms. The Balaban J connectivity index is 1.40. The third-order valence-electron chi connectivity index (χ3n) is 6.02. The summed E-state index contributed by atoms with van der Waals surface area (Å²) in [6.45, 7) is 5.66. The number of piperidine rings is 1. The van der Waals surface area contributed by atoms with Crippen molar-refractivity contribution in [1.82, 2.24) is 9.80 Å². The lowest BCUT2D eigenvalue weighted by Crippen LogP contribution is -2.46. The first-order chi connectivity index (χ1) is 11.7. The van der Waals surface area contributed by atoms with Gasteiger partial charge in [-0.25, -0.2) is 0 Å². The third kappa shape index (κ3) is 3.50. The molecule has 0 radical (unpaired) electrons. The van der Waals surface area contributed by atoms with Gasteiger partial charge in [-0.1, -0.05) is 0 Å². The molecule has 1 aliphatic carbocycles. The molecular formula is C20H28N2OS. The highest BCUT2D eigenvalue weighted by molar-refractivity contribution is 7.98. The highest BCUT2D eigenvalue weighted by Gasteiger charge is 2.43. The van der Waals surface area contributed by atoms with Crippen LogP contribution in [0.1, 0.15) is 42.5 Å². The van der Waals surface area contributed by atoms with E-state index in [9.17, 15) is 4.79 Å². The van der Waals surface area contributed by atoms with Crippen molar-refractivity contribution in [3.8, 4) is 0 Å². The lowest BCUT2D eigenvalue weighted by atomic mass is 9.79. The summed E-state index contributed by atoms with van der Waals surface area (Å²) in [5, 5.41) is 0. The summed E-state index contributed by atoms with van der Waals surface area (Å²) >= 11 is 1.72. The molecule has 1 aromatic carbocycles. The van der Waals surface area contributed by atoms with E-state index in [1.165, 1.54) is 56.6 Å². The molecule has 4 rings (SSSR count). The number of hydrogen-bond acceptors (Lipinski definition) is 3. The van der Waals surface area contributed by atoms with Gasteiger partial charge in [-0.2, -0.15) is 0 Å². The van der Waals surface area contributed by atoms with Gasteiger partial charge in [0, 0.05) is 42.1 Å². The van der Waals surface area contributed by atoms with Crippen molar-refractivity contribution in [1.29, 1.82) is 0 Å². The van der Waals surface area contributed by atoms with Gasteiger partial charge in [0.05, 0.1) is 0 Å². The van der Waals surface area contributed by atoms with Crippen LogP contribution in [0.5, 0.6) is 0 Å². The summed E-state index contributed by atoms with van der Waals surface area (Å²) < 4.78 is 0. The molecule has 1 spiro atoms. The van der Waals surface area contributed by atoms with Crippen molar-refractivity contribution in [2.45, 2.75) is 37.0 Å². The normalized spacial score (nSPS) is 27.8. The number of nitrogens with zero attached hydrogens (tertiary/aromatic N) is 2. The van der Waals surface area contributed by atoms with E-state index in [1.807, 2.05) is 12.1 Å². The molecule has 3 aliphatic rings. The molecule has 1 saturated carbocycles. The SMILES string of the molecule is CSc1ccc(C(=O)N2CC[C@@]3(CCCN(CC4CC4)C3)C2)cc1. The number of thioether (sulfide) groups is 1. The molecule has 1 atom stereocenters. The first-order valence-corrected chi connectivity index (χ1v) is 10.6. The Hall–Kier alpha value is -1.00. The Kier molecular flexibility index (Phi) is 4.61. The molecule has 4 heteroatoms. The molecule has 2 saturated heterocycles. The molecule has 1 amide bonds. The highest BCUT2D eigenvalue weighted by Crippen LogP contribution is 2.41. The molecule has 130 valence electrons. The van der Waals surface area contributed by atoms with Crippen LogP contribution in [0, 0.1) is 11.3 Å². The van der Waals surface area contributed by atoms with Crippen LogP contribution in [0.25, 0.3) is 0 Å². The van der Waals surface area contributed by atoms with Gasteiger partial charge in [-0.3, -0.25) is 4.79 Å². The molecular weight excluding hydrogens is 316 g/mol. The Bertz CT molecular complexity index is 598. The van der Waals surface area contributed by atoms with Crippen LogP contribution in [-0.4, -0.2) is 54.7 Å². The maximum absolute atomic E-state index is 12.8. The van der Waals surface area contributed by atoms with Crippen molar-refractivity contribution in [3.63, 3.8) is 0 Å². The minimum atomic E-state index is 0.221. The molecule has 3 fully saturated rings. The maximum Gasteiger partial charge on any atom is 0.253 e. The van der Waals surface area contributed by atoms with E-state index in [1.54, 1.807) is 11.8 Å². The Morgan fingerprint density at radius 1 is 1.17 bits per heavy atom. The topological polar surface area (TPSA) is 23.6 Å². The predicted octanol–water partition coefficient (Wildman–Crippen LogP) is 3.75. The van der Waals surface area contributed by atoms with E-state index in [-0.39, 0.29) is 5.91 Å². The summed E-state index contributed by atoms with van der Waals surface area (Å²) in [7, 11) is 0. The van der Waals surface area contributed by atoms with Gasteiger partial charge >= 0.3 is 0 Å². The Morgan fingerprint density at radius 3 is 2.67 bits per heavy atom. The van der Waals surface area contributed by atoms with E-state index < -0.39 is 0 Å². The zero-order chi connectivity index (χ0) is 16.6. The monoisotopic (exact) mass is 344 g/mol. The number of carbonyl (C=O) groups excluding carboxylic acids is 1. The van der Waals surface area contributed by atoms with Crippen LogP contribution in [0.15, 0.2) is 29.2 Å². The van der Waals surface area contributed by atoms with Crippen LogP contribution in [0.3, 0.4) is 0 Å². The zero-order valence-electron chi connectivity index (χ0n) is 14.7. The fourth-order valence-electron chi connectivity index (χ4n) is 4.49. The van der Waals surface area contributed by atoms with Crippen molar-refractivity contribution in [2.75, 3.05) is 39.0 Å². The highest BCUT2D eigenvalue weighted by atomic mass is 32.2. The minimum absolute atomic E-state index is 0.221. The zero-order valence-corrected chi connectivity index (χ0v) is 15.5. The average molecular weight is 345 g/mol. The van der Waals surface area contributed by atoms with E-state index >= 15 is 0 Å². The summed E-state index contributed by atoms with van der Waals surface area (Å²) in [6.07, 6.45) is 8.71.